The summed E-state index contributed by atoms with van der Waals surface area (Å²) in [5.74, 6) is -0.803. The van der Waals surface area contributed by atoms with E-state index in [0.29, 0.717) is 18.2 Å². The van der Waals surface area contributed by atoms with Crippen LogP contribution in [0.15, 0.2) is 30.3 Å². The van der Waals surface area contributed by atoms with E-state index < -0.39 is 11.8 Å². The van der Waals surface area contributed by atoms with Crippen LogP contribution in [0.2, 0.25) is 5.02 Å². The Morgan fingerprint density at radius 1 is 1.29 bits per heavy atom. The highest BCUT2D eigenvalue weighted by Crippen LogP contribution is 2.48. The molecule has 4 rings (SSSR count). The smallest absolute Gasteiger partial charge is 0.304 e. The number of nitrogens with zero attached hydrogens (tertiary/aromatic N) is 1. The van der Waals surface area contributed by atoms with Crippen molar-refractivity contribution < 1.29 is 23.8 Å². The highest BCUT2D eigenvalue weighted by molar-refractivity contribution is 6.31. The Kier molecular flexibility index (Phi) is 6.39. The van der Waals surface area contributed by atoms with Crippen LogP contribution >= 0.6 is 11.6 Å². The molecule has 0 aromatic heterocycles. The number of hydrogen-bond donors (Lipinski definition) is 1. The maximum absolute atomic E-state index is 15.2. The minimum absolute atomic E-state index is 0.139. The number of rotatable bonds is 7. The number of benzene rings is 2. The molecule has 0 unspecified atom stereocenters. The van der Waals surface area contributed by atoms with Crippen LogP contribution in [0.3, 0.4) is 0 Å². The van der Waals surface area contributed by atoms with Gasteiger partial charge in [0.05, 0.1) is 13.0 Å². The van der Waals surface area contributed by atoms with Crippen molar-refractivity contribution >= 4 is 17.6 Å². The Labute approximate surface area is 186 Å². The number of carbonyl (C=O) groups is 1. The lowest BCUT2D eigenvalue weighted by Gasteiger charge is -2.38. The van der Waals surface area contributed by atoms with Gasteiger partial charge in [-0.25, -0.2) is 0 Å². The molecule has 0 radical (unpaired) electrons. The van der Waals surface area contributed by atoms with Gasteiger partial charge in [-0.15, -0.1) is 0 Å². The minimum atomic E-state index is -0.785. The molecule has 1 N–H and O–H groups in total. The lowest BCUT2D eigenvalue weighted by atomic mass is 9.74. The van der Waals surface area contributed by atoms with E-state index in [1.165, 1.54) is 0 Å². The first kappa shape index (κ1) is 21.9. The van der Waals surface area contributed by atoms with Gasteiger partial charge >= 0.3 is 5.97 Å². The monoisotopic (exact) mass is 447 g/mol. The van der Waals surface area contributed by atoms with E-state index in [9.17, 15) is 4.79 Å². The van der Waals surface area contributed by atoms with Gasteiger partial charge in [-0.1, -0.05) is 36.7 Å². The molecule has 0 amide bonds. The third-order valence-electron chi connectivity index (χ3n) is 6.55. The van der Waals surface area contributed by atoms with Gasteiger partial charge in [0.1, 0.15) is 6.61 Å². The first-order chi connectivity index (χ1) is 14.9. The van der Waals surface area contributed by atoms with Crippen molar-refractivity contribution in [1.82, 2.24) is 4.90 Å². The molecule has 31 heavy (non-hydrogen) atoms. The first-order valence-corrected chi connectivity index (χ1v) is 11.1. The molecule has 0 aliphatic carbocycles. The molecule has 2 aliphatic rings. The predicted octanol–water partition coefficient (Wildman–Crippen LogP) is 4.82. The highest BCUT2D eigenvalue weighted by Gasteiger charge is 2.44. The minimum Gasteiger partial charge on any atom is -0.489 e. The summed E-state index contributed by atoms with van der Waals surface area (Å²) >= 11 is 6.32. The Morgan fingerprint density at radius 3 is 2.77 bits per heavy atom. The van der Waals surface area contributed by atoms with Gasteiger partial charge in [0.2, 0.25) is 5.82 Å². The molecule has 2 aromatic rings. The number of fused-ring (bicyclic) bond motifs is 2. The molecule has 2 aliphatic heterocycles. The zero-order valence-electron chi connectivity index (χ0n) is 17.6. The number of piperidine rings is 1. The quantitative estimate of drug-likeness (QED) is 0.659. The van der Waals surface area contributed by atoms with E-state index in [1.54, 1.807) is 6.07 Å². The number of aliphatic carboxylic acids is 1. The SMILES string of the molecule is CCc1cccc(Cl)c1COc1ccc2c(c1F)OCC21CCN(CCC(=O)O)CC1. The molecular weight excluding hydrogens is 421 g/mol. The summed E-state index contributed by atoms with van der Waals surface area (Å²) in [5, 5.41) is 9.51. The zero-order valence-corrected chi connectivity index (χ0v) is 18.4. The van der Waals surface area contributed by atoms with Crippen LogP contribution in [0.1, 0.15) is 42.9 Å². The fourth-order valence-electron chi connectivity index (χ4n) is 4.61. The third-order valence-corrected chi connectivity index (χ3v) is 6.90. The summed E-state index contributed by atoms with van der Waals surface area (Å²) in [6, 6.07) is 9.32. The maximum Gasteiger partial charge on any atom is 0.304 e. The molecular formula is C24H27ClFNO4. The summed E-state index contributed by atoms with van der Waals surface area (Å²) in [7, 11) is 0. The fourth-order valence-corrected chi connectivity index (χ4v) is 4.86. The molecule has 7 heteroatoms. The predicted molar refractivity (Wildman–Crippen MR) is 117 cm³/mol. The Morgan fingerprint density at radius 2 is 2.06 bits per heavy atom. The molecule has 166 valence electrons. The average molecular weight is 448 g/mol. The lowest BCUT2D eigenvalue weighted by molar-refractivity contribution is -0.137. The van der Waals surface area contributed by atoms with Gasteiger partial charge in [0, 0.05) is 28.1 Å². The van der Waals surface area contributed by atoms with Crippen LogP contribution in [0.4, 0.5) is 4.39 Å². The van der Waals surface area contributed by atoms with Gasteiger partial charge in [0.15, 0.2) is 11.5 Å². The van der Waals surface area contributed by atoms with Crippen molar-refractivity contribution in [3.8, 4) is 11.5 Å². The summed E-state index contributed by atoms with van der Waals surface area (Å²) < 4.78 is 26.9. The number of ether oxygens (including phenoxy) is 2. The number of halogens is 2. The molecule has 1 saturated heterocycles. The van der Waals surface area contributed by atoms with Crippen LogP contribution in [-0.2, 0) is 23.2 Å². The fraction of sp³-hybridized carbons (Fsp3) is 0.458. The number of likely N-dealkylation sites (tertiary alicyclic amines) is 1. The first-order valence-electron chi connectivity index (χ1n) is 10.7. The van der Waals surface area contributed by atoms with Gasteiger partial charge in [-0.05, 0) is 50.0 Å². The standard InChI is InChI=1S/C24H27ClFNO4/c1-2-16-4-3-5-19(25)17(16)14-30-20-7-6-18-23(22(20)26)31-15-24(18)9-12-27(13-10-24)11-8-21(28)29/h3-7H,2,8-15H2,1H3,(H,28,29). The molecule has 2 aromatic carbocycles. The van der Waals surface area contributed by atoms with E-state index in [0.717, 1.165) is 49.0 Å². The van der Waals surface area contributed by atoms with Crippen molar-refractivity contribution in [2.24, 2.45) is 0 Å². The maximum atomic E-state index is 15.2. The largest absolute Gasteiger partial charge is 0.489 e. The number of hydrogen-bond acceptors (Lipinski definition) is 4. The van der Waals surface area contributed by atoms with E-state index in [4.69, 9.17) is 26.2 Å². The number of carboxylic acid groups (broad SMARTS) is 1. The van der Waals surface area contributed by atoms with Crippen LogP contribution < -0.4 is 9.47 Å². The Balaban J connectivity index is 1.47. The zero-order chi connectivity index (χ0) is 22.0. The van der Waals surface area contributed by atoms with E-state index in [2.05, 4.69) is 4.90 Å². The number of carboxylic acids is 1. The normalized spacial score (nSPS) is 17.4. The van der Waals surface area contributed by atoms with Crippen molar-refractivity contribution in [1.29, 1.82) is 0 Å². The lowest BCUT2D eigenvalue weighted by Crippen LogP contribution is -2.44. The summed E-state index contributed by atoms with van der Waals surface area (Å²) in [5.41, 5.74) is 2.63. The van der Waals surface area contributed by atoms with Crippen LogP contribution in [-0.4, -0.2) is 42.2 Å². The van der Waals surface area contributed by atoms with Gasteiger partial charge < -0.3 is 19.5 Å². The molecule has 0 bridgehead atoms. The van der Waals surface area contributed by atoms with Crippen LogP contribution in [0, 0.1) is 5.82 Å². The molecule has 1 fully saturated rings. The third kappa shape index (κ3) is 4.37. The average Bonchev–Trinajstić information content (AvgIpc) is 3.12. The summed E-state index contributed by atoms with van der Waals surface area (Å²) in [6.45, 7) is 4.79. The molecule has 1 spiro atoms. The van der Waals surface area contributed by atoms with E-state index in [1.807, 2.05) is 31.2 Å². The molecule has 2 heterocycles. The molecule has 5 nitrogen and oxygen atoms in total. The second-order valence-corrected chi connectivity index (χ2v) is 8.74. The van der Waals surface area contributed by atoms with Crippen molar-refractivity contribution in [2.45, 2.75) is 44.6 Å². The van der Waals surface area contributed by atoms with Crippen molar-refractivity contribution in [3.05, 3.63) is 57.9 Å². The second-order valence-electron chi connectivity index (χ2n) is 8.33. The van der Waals surface area contributed by atoms with Gasteiger partial charge in [-0.3, -0.25) is 4.79 Å². The van der Waals surface area contributed by atoms with Crippen LogP contribution in [0.5, 0.6) is 11.5 Å². The van der Waals surface area contributed by atoms with Gasteiger partial charge in [-0.2, -0.15) is 4.39 Å². The van der Waals surface area contributed by atoms with E-state index >= 15 is 4.39 Å². The second kappa shape index (κ2) is 9.05. The Bertz CT molecular complexity index is 972. The Hall–Kier alpha value is -2.31. The molecule has 0 saturated carbocycles. The summed E-state index contributed by atoms with van der Waals surface area (Å²) in [6.07, 6.45) is 2.60. The number of aryl methyl sites for hydroxylation is 1. The topological polar surface area (TPSA) is 59.0 Å². The van der Waals surface area contributed by atoms with Gasteiger partial charge in [0.25, 0.3) is 0 Å². The summed E-state index contributed by atoms with van der Waals surface area (Å²) in [4.78, 5) is 13.0. The van der Waals surface area contributed by atoms with Crippen molar-refractivity contribution in [2.75, 3.05) is 26.2 Å². The highest BCUT2D eigenvalue weighted by atomic mass is 35.5. The van der Waals surface area contributed by atoms with E-state index in [-0.39, 0.29) is 29.9 Å². The molecule has 0 atom stereocenters. The van der Waals surface area contributed by atoms with Crippen molar-refractivity contribution in [3.63, 3.8) is 0 Å². The van der Waals surface area contributed by atoms with Crippen LogP contribution in [0.25, 0.3) is 0 Å².